The first-order valence-electron chi connectivity index (χ1n) is 5.17. The van der Waals surface area contributed by atoms with Crippen LogP contribution in [0.1, 0.15) is 39.0 Å². The maximum absolute atomic E-state index is 8.82. The van der Waals surface area contributed by atoms with Gasteiger partial charge in [-0.15, -0.1) is 0 Å². The summed E-state index contributed by atoms with van der Waals surface area (Å²) in [5, 5.41) is 17.2. The standard InChI is InChI=1S/C12H20O2/c1-2-3-4-5-6-7-8-9-10-12(14)11-13/h7-11,13-14H,2-6H2,1H3. The van der Waals surface area contributed by atoms with E-state index in [-0.39, 0.29) is 5.76 Å². The summed E-state index contributed by atoms with van der Waals surface area (Å²) in [6.07, 6.45) is 13.9. The quantitative estimate of drug-likeness (QED) is 0.366. The van der Waals surface area contributed by atoms with Crippen LogP contribution in [0.25, 0.3) is 0 Å². The molecule has 2 nitrogen and oxygen atoms in total. The summed E-state index contributed by atoms with van der Waals surface area (Å²) in [7, 11) is 0. The zero-order valence-corrected chi connectivity index (χ0v) is 8.82. The fraction of sp³-hybridized carbons (Fsp3) is 0.500. The van der Waals surface area contributed by atoms with E-state index >= 15 is 0 Å². The molecule has 0 aliphatic carbocycles. The first kappa shape index (κ1) is 12.8. The Bertz CT molecular complexity index is 202. The molecule has 0 saturated heterocycles. The summed E-state index contributed by atoms with van der Waals surface area (Å²) < 4.78 is 0. The van der Waals surface area contributed by atoms with E-state index in [0.29, 0.717) is 6.26 Å². The number of hydrogen-bond acceptors (Lipinski definition) is 2. The highest BCUT2D eigenvalue weighted by Crippen LogP contribution is 2.02. The average molecular weight is 196 g/mol. The Labute approximate surface area is 86.3 Å². The van der Waals surface area contributed by atoms with Crippen LogP contribution in [-0.2, 0) is 0 Å². The van der Waals surface area contributed by atoms with E-state index in [1.54, 1.807) is 6.08 Å². The molecule has 2 N–H and O–H groups in total. The third kappa shape index (κ3) is 8.91. The van der Waals surface area contributed by atoms with Crippen molar-refractivity contribution < 1.29 is 10.2 Å². The smallest absolute Gasteiger partial charge is 0.149 e. The summed E-state index contributed by atoms with van der Waals surface area (Å²) in [4.78, 5) is 0. The topological polar surface area (TPSA) is 40.5 Å². The van der Waals surface area contributed by atoms with Crippen molar-refractivity contribution in [1.82, 2.24) is 0 Å². The molecule has 0 aliphatic heterocycles. The molecule has 0 aromatic rings. The minimum absolute atomic E-state index is 0.124. The van der Waals surface area contributed by atoms with Crippen molar-refractivity contribution >= 4 is 0 Å². The third-order valence-electron chi connectivity index (χ3n) is 1.87. The van der Waals surface area contributed by atoms with Crippen molar-refractivity contribution in [2.45, 2.75) is 39.0 Å². The Morgan fingerprint density at radius 2 is 1.93 bits per heavy atom. The van der Waals surface area contributed by atoms with Crippen LogP contribution in [0.15, 0.2) is 36.3 Å². The van der Waals surface area contributed by atoms with E-state index in [2.05, 4.69) is 13.0 Å². The van der Waals surface area contributed by atoms with Crippen molar-refractivity contribution in [3.8, 4) is 0 Å². The highest BCUT2D eigenvalue weighted by atomic mass is 16.3. The van der Waals surface area contributed by atoms with Crippen molar-refractivity contribution in [2.24, 2.45) is 0 Å². The summed E-state index contributed by atoms with van der Waals surface area (Å²) in [5.41, 5.74) is 0. The number of hydrogen-bond donors (Lipinski definition) is 2. The molecular formula is C12H20O2. The first-order chi connectivity index (χ1) is 6.81. The van der Waals surface area contributed by atoms with E-state index in [1.165, 1.54) is 31.8 Å². The number of allylic oxidation sites excluding steroid dienone is 4. The van der Waals surface area contributed by atoms with E-state index in [0.717, 1.165) is 6.42 Å². The minimum atomic E-state index is -0.124. The fourth-order valence-electron chi connectivity index (χ4n) is 1.06. The van der Waals surface area contributed by atoms with Gasteiger partial charge in [0.25, 0.3) is 0 Å². The molecule has 0 aromatic heterocycles. The van der Waals surface area contributed by atoms with Crippen molar-refractivity contribution in [2.75, 3.05) is 0 Å². The predicted molar refractivity (Wildman–Crippen MR) is 60.4 cm³/mol. The Morgan fingerprint density at radius 1 is 1.14 bits per heavy atom. The second kappa shape index (κ2) is 9.90. The number of rotatable bonds is 7. The molecule has 0 aromatic carbocycles. The van der Waals surface area contributed by atoms with E-state index in [1.807, 2.05) is 6.08 Å². The molecule has 0 aliphatic rings. The lowest BCUT2D eigenvalue weighted by Crippen LogP contribution is -1.73. The Kier molecular flexibility index (Phi) is 9.07. The first-order valence-corrected chi connectivity index (χ1v) is 5.17. The molecule has 0 unspecified atom stereocenters. The van der Waals surface area contributed by atoms with Gasteiger partial charge in [0.1, 0.15) is 12.0 Å². The van der Waals surface area contributed by atoms with Crippen LogP contribution in [0, 0.1) is 0 Å². The van der Waals surface area contributed by atoms with Gasteiger partial charge in [0.15, 0.2) is 0 Å². The van der Waals surface area contributed by atoms with Crippen LogP contribution >= 0.6 is 0 Å². The lowest BCUT2D eigenvalue weighted by molar-refractivity contribution is 0.377. The Morgan fingerprint density at radius 3 is 2.57 bits per heavy atom. The van der Waals surface area contributed by atoms with E-state index in [4.69, 9.17) is 10.2 Å². The number of aliphatic hydroxyl groups excluding tert-OH is 2. The summed E-state index contributed by atoms with van der Waals surface area (Å²) in [5.74, 6) is -0.124. The normalized spacial score (nSPS) is 13.1. The molecule has 80 valence electrons. The van der Waals surface area contributed by atoms with Crippen LogP contribution in [-0.4, -0.2) is 10.2 Å². The SMILES string of the molecule is CCCCCCC=CC=CC(O)=CO. The lowest BCUT2D eigenvalue weighted by atomic mass is 10.1. The predicted octanol–water partition coefficient (Wildman–Crippen LogP) is 4.03. The molecule has 0 spiro atoms. The molecule has 0 heterocycles. The van der Waals surface area contributed by atoms with Gasteiger partial charge in [0, 0.05) is 0 Å². The van der Waals surface area contributed by atoms with Crippen molar-refractivity contribution in [3.63, 3.8) is 0 Å². The Hall–Kier alpha value is -1.18. The number of unbranched alkanes of at least 4 members (excludes halogenated alkanes) is 4. The second-order valence-electron chi connectivity index (χ2n) is 3.19. The minimum Gasteiger partial charge on any atom is -0.512 e. The average Bonchev–Trinajstić information content (AvgIpc) is 2.21. The highest BCUT2D eigenvalue weighted by molar-refractivity contribution is 5.14. The zero-order valence-electron chi connectivity index (χ0n) is 8.82. The maximum atomic E-state index is 8.82. The molecule has 2 heteroatoms. The zero-order chi connectivity index (χ0) is 10.6. The molecule has 14 heavy (non-hydrogen) atoms. The highest BCUT2D eigenvalue weighted by Gasteiger charge is 1.83. The molecule has 0 saturated carbocycles. The Balaban J connectivity index is 3.40. The largest absolute Gasteiger partial charge is 0.512 e. The van der Waals surface area contributed by atoms with E-state index in [9.17, 15) is 0 Å². The lowest BCUT2D eigenvalue weighted by Gasteiger charge is -1.92. The van der Waals surface area contributed by atoms with Gasteiger partial charge in [-0.1, -0.05) is 44.4 Å². The summed E-state index contributed by atoms with van der Waals surface area (Å²) in [6.45, 7) is 2.20. The van der Waals surface area contributed by atoms with Crippen LogP contribution in [0.4, 0.5) is 0 Å². The number of aliphatic hydroxyl groups is 2. The van der Waals surface area contributed by atoms with Crippen molar-refractivity contribution in [3.05, 3.63) is 36.3 Å². The van der Waals surface area contributed by atoms with Gasteiger partial charge >= 0.3 is 0 Å². The van der Waals surface area contributed by atoms with Crippen LogP contribution in [0.3, 0.4) is 0 Å². The second-order valence-corrected chi connectivity index (χ2v) is 3.19. The van der Waals surface area contributed by atoms with E-state index < -0.39 is 0 Å². The fourth-order valence-corrected chi connectivity index (χ4v) is 1.06. The maximum Gasteiger partial charge on any atom is 0.149 e. The van der Waals surface area contributed by atoms with Crippen molar-refractivity contribution in [1.29, 1.82) is 0 Å². The van der Waals surface area contributed by atoms with Gasteiger partial charge in [-0.25, -0.2) is 0 Å². The van der Waals surface area contributed by atoms with Gasteiger partial charge in [-0.3, -0.25) is 0 Å². The van der Waals surface area contributed by atoms with Gasteiger partial charge in [0.2, 0.25) is 0 Å². The van der Waals surface area contributed by atoms with Crippen LogP contribution in [0.5, 0.6) is 0 Å². The molecule has 0 bridgehead atoms. The van der Waals surface area contributed by atoms with Gasteiger partial charge < -0.3 is 10.2 Å². The third-order valence-corrected chi connectivity index (χ3v) is 1.87. The molecule has 0 rings (SSSR count). The molecule has 0 fully saturated rings. The van der Waals surface area contributed by atoms with Gasteiger partial charge in [-0.2, -0.15) is 0 Å². The summed E-state index contributed by atoms with van der Waals surface area (Å²) >= 11 is 0. The van der Waals surface area contributed by atoms with Crippen LogP contribution in [0.2, 0.25) is 0 Å². The monoisotopic (exact) mass is 196 g/mol. The van der Waals surface area contributed by atoms with Gasteiger partial charge in [0.05, 0.1) is 0 Å². The molecule has 0 atom stereocenters. The van der Waals surface area contributed by atoms with Gasteiger partial charge in [-0.05, 0) is 18.9 Å². The van der Waals surface area contributed by atoms with Crippen LogP contribution < -0.4 is 0 Å². The molecule has 0 amide bonds. The molecular weight excluding hydrogens is 176 g/mol. The molecule has 0 radical (unpaired) electrons. The summed E-state index contributed by atoms with van der Waals surface area (Å²) in [6, 6.07) is 0.